The van der Waals surface area contributed by atoms with E-state index >= 15 is 0 Å². The molecule has 0 unspecified atom stereocenters. The Balaban J connectivity index is 3.56. The Morgan fingerprint density at radius 3 is 1.50 bits per heavy atom. The van der Waals surface area contributed by atoms with Gasteiger partial charge in [-0.2, -0.15) is 0 Å². The first-order valence-electron chi connectivity index (χ1n) is 4.26. The Hall–Kier alpha value is -0.843. The van der Waals surface area contributed by atoms with E-state index in [1.165, 1.54) is 13.8 Å². The third-order valence-corrected chi connectivity index (χ3v) is 3.77. The molecular formula is C9H12F3NSi. The summed E-state index contributed by atoms with van der Waals surface area (Å²) in [6.45, 7) is 6.21. The van der Waals surface area contributed by atoms with E-state index in [-0.39, 0.29) is 11.1 Å². The third kappa shape index (κ3) is 1.82. The van der Waals surface area contributed by atoms with Gasteiger partial charge in [0.05, 0.1) is 0 Å². The van der Waals surface area contributed by atoms with Crippen LogP contribution in [0.25, 0.3) is 0 Å². The van der Waals surface area contributed by atoms with Gasteiger partial charge in [0, 0.05) is 16.6 Å². The van der Waals surface area contributed by atoms with Crippen molar-refractivity contribution < 1.29 is 12.3 Å². The Kier molecular flexibility index (Phi) is 2.71. The van der Waals surface area contributed by atoms with Crippen LogP contribution in [0, 0.1) is 27.7 Å². The fraction of sp³-hybridized carbons (Fsp3) is 0.444. The molecule has 1 aromatic rings. The van der Waals surface area contributed by atoms with E-state index in [9.17, 15) is 12.3 Å². The van der Waals surface area contributed by atoms with Crippen LogP contribution in [-0.4, -0.2) is 14.1 Å². The molecule has 14 heavy (non-hydrogen) atoms. The van der Waals surface area contributed by atoms with Gasteiger partial charge in [-0.15, -0.1) is 0 Å². The highest BCUT2D eigenvalue weighted by Crippen LogP contribution is 2.17. The molecule has 0 aromatic carbocycles. The van der Waals surface area contributed by atoms with Crippen LogP contribution in [-0.2, 0) is 0 Å². The van der Waals surface area contributed by atoms with Crippen molar-refractivity contribution in [1.82, 2.24) is 4.98 Å². The van der Waals surface area contributed by atoms with E-state index in [4.69, 9.17) is 0 Å². The average molecular weight is 219 g/mol. The van der Waals surface area contributed by atoms with Gasteiger partial charge in [0.25, 0.3) is 0 Å². The van der Waals surface area contributed by atoms with Crippen LogP contribution in [0.4, 0.5) is 12.3 Å². The number of rotatable bonds is 1. The first-order chi connectivity index (χ1) is 6.25. The summed E-state index contributed by atoms with van der Waals surface area (Å²) in [6, 6.07) is 0. The lowest BCUT2D eigenvalue weighted by atomic mass is 10.1. The lowest BCUT2D eigenvalue weighted by molar-refractivity contribution is 0.499. The standard InChI is InChI=1S/C9H12F3NSi/c1-5-7(3)13-8(4)6(2)9(5)14(10,11)12/h1-4H3. The maximum absolute atomic E-state index is 12.8. The number of pyridine rings is 1. The maximum Gasteiger partial charge on any atom is 0.653 e. The molecule has 0 bridgehead atoms. The molecule has 1 rings (SSSR count). The molecular weight excluding hydrogens is 207 g/mol. The largest absolute Gasteiger partial charge is 0.653 e. The van der Waals surface area contributed by atoms with Crippen molar-refractivity contribution in [2.45, 2.75) is 27.7 Å². The maximum atomic E-state index is 12.8. The van der Waals surface area contributed by atoms with Crippen molar-refractivity contribution in [1.29, 1.82) is 0 Å². The second-order valence-electron chi connectivity index (χ2n) is 3.41. The molecule has 0 aliphatic carbocycles. The summed E-state index contributed by atoms with van der Waals surface area (Å²) in [5.41, 5.74) is 1.53. The van der Waals surface area contributed by atoms with Crippen molar-refractivity contribution in [2.75, 3.05) is 0 Å². The van der Waals surface area contributed by atoms with Gasteiger partial charge < -0.3 is 0 Å². The minimum absolute atomic E-state index is 0.285. The third-order valence-electron chi connectivity index (χ3n) is 2.45. The van der Waals surface area contributed by atoms with Crippen molar-refractivity contribution in [3.05, 3.63) is 22.5 Å². The minimum Gasteiger partial charge on any atom is -0.258 e. The van der Waals surface area contributed by atoms with Gasteiger partial charge in [-0.05, 0) is 38.8 Å². The number of aromatic nitrogens is 1. The summed E-state index contributed by atoms with van der Waals surface area (Å²) in [5.74, 6) is 0. The summed E-state index contributed by atoms with van der Waals surface area (Å²) in [4.78, 5) is 4.07. The fourth-order valence-electron chi connectivity index (χ4n) is 1.49. The topological polar surface area (TPSA) is 12.9 Å². The van der Waals surface area contributed by atoms with Crippen molar-refractivity contribution in [3.8, 4) is 0 Å². The average Bonchev–Trinajstić information content (AvgIpc) is 1.98. The van der Waals surface area contributed by atoms with Crippen LogP contribution in [0.2, 0.25) is 0 Å². The van der Waals surface area contributed by atoms with Crippen LogP contribution in [0.3, 0.4) is 0 Å². The van der Waals surface area contributed by atoms with E-state index in [1.54, 1.807) is 13.8 Å². The Bertz CT molecular complexity index is 345. The van der Waals surface area contributed by atoms with Crippen LogP contribution < -0.4 is 5.19 Å². The summed E-state index contributed by atoms with van der Waals surface area (Å²) in [7, 11) is -5.73. The molecule has 0 fully saturated rings. The van der Waals surface area contributed by atoms with Gasteiger partial charge in [-0.1, -0.05) is 0 Å². The summed E-state index contributed by atoms with van der Waals surface area (Å²) in [5, 5.41) is -0.400. The number of nitrogens with zero attached hydrogens (tertiary/aromatic N) is 1. The highest BCUT2D eigenvalue weighted by molar-refractivity contribution is 6.74. The van der Waals surface area contributed by atoms with Crippen LogP contribution in [0.1, 0.15) is 22.5 Å². The molecule has 0 aliphatic rings. The second kappa shape index (κ2) is 3.38. The molecule has 0 N–H and O–H groups in total. The van der Waals surface area contributed by atoms with Crippen molar-refractivity contribution in [2.24, 2.45) is 0 Å². The normalized spacial score (nSPS) is 11.9. The molecule has 0 atom stereocenters. The predicted octanol–water partition coefficient (Wildman–Crippen LogP) is 2.37. The minimum atomic E-state index is -5.73. The zero-order chi connectivity index (χ0) is 11.1. The molecule has 78 valence electrons. The summed E-state index contributed by atoms with van der Waals surface area (Å²) in [6.07, 6.45) is 0. The molecule has 5 heteroatoms. The quantitative estimate of drug-likeness (QED) is 0.522. The van der Waals surface area contributed by atoms with Gasteiger partial charge >= 0.3 is 9.08 Å². The van der Waals surface area contributed by atoms with Crippen LogP contribution in [0.15, 0.2) is 0 Å². The highest BCUT2D eigenvalue weighted by Gasteiger charge is 2.43. The number of aryl methyl sites for hydroxylation is 2. The molecule has 1 nitrogen and oxygen atoms in total. The first kappa shape index (κ1) is 11.2. The van der Waals surface area contributed by atoms with Gasteiger partial charge in [0.15, 0.2) is 0 Å². The predicted molar refractivity (Wildman–Crippen MR) is 51.9 cm³/mol. The summed E-state index contributed by atoms with van der Waals surface area (Å²) < 4.78 is 38.3. The first-order valence-corrected chi connectivity index (χ1v) is 5.90. The molecule has 0 spiro atoms. The molecule has 1 heterocycles. The SMILES string of the molecule is Cc1nc(C)c(C)c([Si](F)(F)F)c1C. The summed E-state index contributed by atoms with van der Waals surface area (Å²) >= 11 is 0. The van der Waals surface area contributed by atoms with E-state index in [0.29, 0.717) is 11.4 Å². The van der Waals surface area contributed by atoms with E-state index in [1.807, 2.05) is 0 Å². The smallest absolute Gasteiger partial charge is 0.258 e. The van der Waals surface area contributed by atoms with Gasteiger partial charge in [0.1, 0.15) is 0 Å². The molecule has 0 radical (unpaired) electrons. The van der Waals surface area contributed by atoms with E-state index in [2.05, 4.69) is 4.98 Å². The fourth-order valence-corrected chi connectivity index (χ4v) is 2.70. The molecule has 0 saturated heterocycles. The van der Waals surface area contributed by atoms with Gasteiger partial charge in [-0.25, -0.2) is 12.3 Å². The van der Waals surface area contributed by atoms with Crippen LogP contribution >= 0.6 is 0 Å². The molecule has 1 aromatic heterocycles. The van der Waals surface area contributed by atoms with E-state index < -0.39 is 14.3 Å². The van der Waals surface area contributed by atoms with Crippen molar-refractivity contribution >= 4 is 14.3 Å². The Labute approximate surface area is 82.5 Å². The number of hydrogen-bond donors (Lipinski definition) is 0. The Morgan fingerprint density at radius 1 is 0.857 bits per heavy atom. The molecule has 0 amide bonds. The molecule has 0 saturated carbocycles. The van der Waals surface area contributed by atoms with Crippen LogP contribution in [0.5, 0.6) is 0 Å². The van der Waals surface area contributed by atoms with Gasteiger partial charge in [0.2, 0.25) is 0 Å². The zero-order valence-electron chi connectivity index (χ0n) is 8.58. The monoisotopic (exact) mass is 219 g/mol. The Morgan fingerprint density at radius 2 is 1.21 bits per heavy atom. The van der Waals surface area contributed by atoms with Gasteiger partial charge in [-0.3, -0.25) is 4.98 Å². The lowest BCUT2D eigenvalue weighted by Crippen LogP contribution is -2.39. The van der Waals surface area contributed by atoms with Crippen molar-refractivity contribution in [3.63, 3.8) is 0 Å². The number of hydrogen-bond acceptors (Lipinski definition) is 1. The molecule has 0 aliphatic heterocycles. The highest BCUT2D eigenvalue weighted by atomic mass is 28.5. The lowest BCUT2D eigenvalue weighted by Gasteiger charge is -2.14. The zero-order valence-corrected chi connectivity index (χ0v) is 9.58. The number of halogens is 3. The van der Waals surface area contributed by atoms with E-state index in [0.717, 1.165) is 0 Å². The second-order valence-corrected chi connectivity index (χ2v) is 4.90.